The Morgan fingerprint density at radius 1 is 1.41 bits per heavy atom. The summed E-state index contributed by atoms with van der Waals surface area (Å²) in [5, 5.41) is 12.1. The third kappa shape index (κ3) is 4.06. The lowest BCUT2D eigenvalue weighted by Gasteiger charge is -2.14. The number of H-pyrrole nitrogens is 1. The summed E-state index contributed by atoms with van der Waals surface area (Å²) in [6.07, 6.45) is -2.53. The van der Waals surface area contributed by atoms with Crippen LogP contribution in [0.1, 0.15) is 40.9 Å². The Morgan fingerprint density at radius 2 is 2.18 bits per heavy atom. The summed E-state index contributed by atoms with van der Waals surface area (Å²) < 4.78 is 38.0. The molecule has 1 heterocycles. The van der Waals surface area contributed by atoms with Crippen LogP contribution in [0.2, 0.25) is 0 Å². The van der Waals surface area contributed by atoms with Gasteiger partial charge in [0.05, 0.1) is 11.8 Å². The van der Waals surface area contributed by atoms with E-state index in [1.807, 2.05) is 6.92 Å². The number of alkyl halides is 3. The number of amides is 1. The Bertz CT molecular complexity index is 625. The summed E-state index contributed by atoms with van der Waals surface area (Å²) >= 11 is 0. The highest BCUT2D eigenvalue weighted by molar-refractivity contribution is 5.91. The zero-order chi connectivity index (χ0) is 16.2. The highest BCUT2D eigenvalue weighted by Gasteiger charge is 2.30. The van der Waals surface area contributed by atoms with Gasteiger partial charge in [-0.1, -0.05) is 25.1 Å². The minimum Gasteiger partial charge on any atom is -0.351 e. The van der Waals surface area contributed by atoms with E-state index in [1.54, 1.807) is 6.07 Å². The van der Waals surface area contributed by atoms with E-state index < -0.39 is 11.7 Å². The predicted molar refractivity (Wildman–Crippen MR) is 73.2 cm³/mol. The molecule has 5 nitrogen and oxygen atoms in total. The zero-order valence-electron chi connectivity index (χ0n) is 11.8. The van der Waals surface area contributed by atoms with Crippen molar-refractivity contribution in [3.05, 3.63) is 47.3 Å². The molecule has 2 rings (SSSR count). The van der Waals surface area contributed by atoms with Gasteiger partial charge in [0.1, 0.15) is 0 Å². The number of hydrogen-bond donors (Lipinski definition) is 2. The molecule has 2 aromatic rings. The zero-order valence-corrected chi connectivity index (χ0v) is 11.8. The van der Waals surface area contributed by atoms with E-state index in [0.29, 0.717) is 18.5 Å². The number of carbonyl (C=O) groups excluding carboxylic acids is 1. The summed E-state index contributed by atoms with van der Waals surface area (Å²) in [5.41, 5.74) is 0.0979. The standard InChI is InChI=1S/C14H15F3N4O/c1-9(5-6-18-13(22)12-8-19-21-20-12)10-3-2-4-11(7-10)14(15,16)17/h2-4,7-9H,5-6H2,1H3,(H,18,22)(H,19,20,21)/t9-/m0/s1. The first-order valence-corrected chi connectivity index (χ1v) is 6.69. The number of aromatic amines is 1. The number of benzene rings is 1. The van der Waals surface area contributed by atoms with E-state index in [2.05, 4.69) is 20.7 Å². The van der Waals surface area contributed by atoms with E-state index in [4.69, 9.17) is 0 Å². The minimum absolute atomic E-state index is 0.111. The highest BCUT2D eigenvalue weighted by atomic mass is 19.4. The maximum absolute atomic E-state index is 12.7. The van der Waals surface area contributed by atoms with Gasteiger partial charge >= 0.3 is 6.18 Å². The molecule has 0 radical (unpaired) electrons. The van der Waals surface area contributed by atoms with Gasteiger partial charge in [-0.25, -0.2) is 0 Å². The van der Waals surface area contributed by atoms with Crippen LogP contribution < -0.4 is 5.32 Å². The first kappa shape index (κ1) is 16.0. The monoisotopic (exact) mass is 312 g/mol. The molecule has 0 saturated heterocycles. The molecule has 0 aliphatic carbocycles. The van der Waals surface area contributed by atoms with Crippen LogP contribution in [-0.2, 0) is 6.18 Å². The van der Waals surface area contributed by atoms with Gasteiger partial charge in [-0.3, -0.25) is 4.79 Å². The molecule has 1 aromatic heterocycles. The van der Waals surface area contributed by atoms with Crippen LogP contribution in [0.3, 0.4) is 0 Å². The van der Waals surface area contributed by atoms with Crippen LogP contribution in [0, 0.1) is 0 Å². The summed E-state index contributed by atoms with van der Waals surface area (Å²) in [6.45, 7) is 2.15. The van der Waals surface area contributed by atoms with Crippen LogP contribution in [0.4, 0.5) is 13.2 Å². The van der Waals surface area contributed by atoms with Crippen molar-refractivity contribution in [1.82, 2.24) is 20.7 Å². The van der Waals surface area contributed by atoms with Gasteiger partial charge in [0.2, 0.25) is 0 Å². The topological polar surface area (TPSA) is 70.7 Å². The highest BCUT2D eigenvalue weighted by Crippen LogP contribution is 2.31. The fourth-order valence-corrected chi connectivity index (χ4v) is 1.99. The Balaban J connectivity index is 1.90. The Kier molecular flexibility index (Phi) is 4.79. The van der Waals surface area contributed by atoms with Crippen molar-refractivity contribution in [2.45, 2.75) is 25.4 Å². The Labute approximate surface area is 124 Å². The minimum atomic E-state index is -4.35. The molecule has 8 heteroatoms. The van der Waals surface area contributed by atoms with Crippen molar-refractivity contribution < 1.29 is 18.0 Å². The molecule has 1 atom stereocenters. The van der Waals surface area contributed by atoms with Gasteiger partial charge in [-0.15, -0.1) is 0 Å². The molecule has 0 unspecified atom stereocenters. The van der Waals surface area contributed by atoms with Crippen LogP contribution in [0.25, 0.3) is 0 Å². The van der Waals surface area contributed by atoms with Gasteiger partial charge in [-0.2, -0.15) is 28.6 Å². The smallest absolute Gasteiger partial charge is 0.351 e. The van der Waals surface area contributed by atoms with E-state index in [0.717, 1.165) is 12.1 Å². The molecule has 0 saturated carbocycles. The molecule has 2 N–H and O–H groups in total. The predicted octanol–water partition coefficient (Wildman–Crippen LogP) is 2.75. The first-order valence-electron chi connectivity index (χ1n) is 6.69. The lowest BCUT2D eigenvalue weighted by molar-refractivity contribution is -0.137. The van der Waals surface area contributed by atoms with Crippen molar-refractivity contribution >= 4 is 5.91 Å². The molecule has 22 heavy (non-hydrogen) atoms. The molecule has 0 aliphatic rings. The fraction of sp³-hybridized carbons (Fsp3) is 0.357. The van der Waals surface area contributed by atoms with Gasteiger partial charge < -0.3 is 5.32 Å². The van der Waals surface area contributed by atoms with Crippen LogP contribution in [0.15, 0.2) is 30.5 Å². The molecule has 0 aliphatic heterocycles. The van der Waals surface area contributed by atoms with Crippen molar-refractivity contribution in [1.29, 1.82) is 0 Å². The van der Waals surface area contributed by atoms with Crippen LogP contribution in [-0.4, -0.2) is 27.9 Å². The summed E-state index contributed by atoms with van der Waals surface area (Å²) in [7, 11) is 0. The number of rotatable bonds is 5. The molecule has 0 bridgehead atoms. The lowest BCUT2D eigenvalue weighted by atomic mass is 9.96. The van der Waals surface area contributed by atoms with Crippen molar-refractivity contribution in [3.63, 3.8) is 0 Å². The maximum Gasteiger partial charge on any atom is 0.416 e. The number of nitrogens with zero attached hydrogens (tertiary/aromatic N) is 2. The average Bonchev–Trinajstić information content (AvgIpc) is 3.00. The number of aromatic nitrogens is 3. The van der Waals surface area contributed by atoms with Crippen LogP contribution in [0.5, 0.6) is 0 Å². The number of halogens is 3. The van der Waals surface area contributed by atoms with Crippen molar-refractivity contribution in [2.75, 3.05) is 6.54 Å². The summed E-state index contributed by atoms with van der Waals surface area (Å²) in [5.74, 6) is -0.482. The molecular formula is C14H15F3N4O. The van der Waals surface area contributed by atoms with E-state index >= 15 is 0 Å². The van der Waals surface area contributed by atoms with Crippen molar-refractivity contribution in [3.8, 4) is 0 Å². The lowest BCUT2D eigenvalue weighted by Crippen LogP contribution is -2.25. The third-order valence-corrected chi connectivity index (χ3v) is 3.29. The van der Waals surface area contributed by atoms with E-state index in [-0.39, 0.29) is 17.5 Å². The van der Waals surface area contributed by atoms with E-state index in [9.17, 15) is 18.0 Å². The van der Waals surface area contributed by atoms with E-state index in [1.165, 1.54) is 12.3 Å². The van der Waals surface area contributed by atoms with Gasteiger partial charge in [0, 0.05) is 6.54 Å². The maximum atomic E-state index is 12.7. The number of carbonyl (C=O) groups is 1. The third-order valence-electron chi connectivity index (χ3n) is 3.29. The van der Waals surface area contributed by atoms with Gasteiger partial charge in [0.25, 0.3) is 5.91 Å². The summed E-state index contributed by atoms with van der Waals surface area (Å²) in [6, 6.07) is 5.23. The Hall–Kier alpha value is -2.38. The second kappa shape index (κ2) is 6.59. The number of nitrogens with one attached hydrogen (secondary N) is 2. The molecular weight excluding hydrogens is 297 g/mol. The largest absolute Gasteiger partial charge is 0.416 e. The number of hydrogen-bond acceptors (Lipinski definition) is 3. The average molecular weight is 312 g/mol. The SMILES string of the molecule is C[C@@H](CCNC(=O)c1cn[nH]n1)c1cccc(C(F)(F)F)c1. The van der Waals surface area contributed by atoms with Gasteiger partial charge in [-0.05, 0) is 24.0 Å². The quantitative estimate of drug-likeness (QED) is 0.892. The molecule has 1 aromatic carbocycles. The first-order chi connectivity index (χ1) is 10.4. The normalized spacial score (nSPS) is 12.9. The van der Waals surface area contributed by atoms with Crippen LogP contribution >= 0.6 is 0 Å². The molecule has 0 spiro atoms. The summed E-state index contributed by atoms with van der Waals surface area (Å²) in [4.78, 5) is 11.6. The molecule has 118 valence electrons. The van der Waals surface area contributed by atoms with Gasteiger partial charge in [0.15, 0.2) is 5.69 Å². The Morgan fingerprint density at radius 3 is 2.82 bits per heavy atom. The fourth-order valence-electron chi connectivity index (χ4n) is 1.99. The second-order valence-electron chi connectivity index (χ2n) is 4.92. The second-order valence-corrected chi connectivity index (χ2v) is 4.92. The molecule has 1 amide bonds. The molecule has 0 fully saturated rings. The van der Waals surface area contributed by atoms with Crippen molar-refractivity contribution in [2.24, 2.45) is 0 Å².